The van der Waals surface area contributed by atoms with Gasteiger partial charge in [-0.25, -0.2) is 9.97 Å². The Hall–Kier alpha value is -1.95. The van der Waals surface area contributed by atoms with E-state index >= 15 is 0 Å². The molecule has 0 fully saturated rings. The van der Waals surface area contributed by atoms with Crippen LogP contribution in [0.2, 0.25) is 0 Å². The van der Waals surface area contributed by atoms with Crippen molar-refractivity contribution in [1.29, 1.82) is 0 Å². The number of carbonyl (C=O) groups is 1. The maximum absolute atomic E-state index is 12.1. The van der Waals surface area contributed by atoms with Crippen molar-refractivity contribution < 1.29 is 4.79 Å². The summed E-state index contributed by atoms with van der Waals surface area (Å²) < 4.78 is 0.947. The molecule has 0 aliphatic carbocycles. The lowest BCUT2D eigenvalue weighted by molar-refractivity contribution is 0.102. The van der Waals surface area contributed by atoms with E-state index < -0.39 is 0 Å². The lowest BCUT2D eigenvalue weighted by atomic mass is 10.2. The first-order chi connectivity index (χ1) is 9.95. The molecule has 0 aliphatic rings. The predicted molar refractivity (Wildman–Crippen MR) is 87.6 cm³/mol. The second kappa shape index (κ2) is 6.67. The summed E-state index contributed by atoms with van der Waals surface area (Å²) >= 11 is 3.44. The van der Waals surface area contributed by atoms with E-state index in [1.165, 1.54) is 6.20 Å². The minimum absolute atomic E-state index is 0.267. The molecule has 2 N–H and O–H groups in total. The fourth-order valence-electron chi connectivity index (χ4n) is 1.68. The second-order valence-corrected chi connectivity index (χ2v) is 5.86. The molecule has 0 aliphatic heterocycles. The molecule has 1 amide bonds. The van der Waals surface area contributed by atoms with Crippen LogP contribution < -0.4 is 10.6 Å². The lowest BCUT2D eigenvalue weighted by Crippen LogP contribution is -2.16. The third-order valence-corrected chi connectivity index (χ3v) is 3.61. The minimum Gasteiger partial charge on any atom is -0.367 e. The summed E-state index contributed by atoms with van der Waals surface area (Å²) in [5.41, 5.74) is 2.10. The molecule has 0 spiro atoms. The highest BCUT2D eigenvalue weighted by molar-refractivity contribution is 9.10. The van der Waals surface area contributed by atoms with Gasteiger partial charge in [-0.05, 0) is 38.5 Å². The maximum Gasteiger partial charge on any atom is 0.275 e. The van der Waals surface area contributed by atoms with Crippen LogP contribution in [0.4, 0.5) is 11.5 Å². The van der Waals surface area contributed by atoms with Gasteiger partial charge in [-0.1, -0.05) is 22.0 Å². The highest BCUT2D eigenvalue weighted by Crippen LogP contribution is 2.20. The zero-order chi connectivity index (χ0) is 15.4. The van der Waals surface area contributed by atoms with Gasteiger partial charge in [0.25, 0.3) is 5.91 Å². The minimum atomic E-state index is -0.283. The van der Waals surface area contributed by atoms with Crippen molar-refractivity contribution in [3.63, 3.8) is 0 Å². The second-order valence-electron chi connectivity index (χ2n) is 5.00. The lowest BCUT2D eigenvalue weighted by Gasteiger charge is -2.09. The molecule has 0 saturated carbocycles. The van der Waals surface area contributed by atoms with Crippen molar-refractivity contribution in [3.05, 3.63) is 46.3 Å². The van der Waals surface area contributed by atoms with E-state index in [0.29, 0.717) is 11.5 Å². The number of nitrogens with zero attached hydrogens (tertiary/aromatic N) is 2. The smallest absolute Gasteiger partial charge is 0.275 e. The van der Waals surface area contributed by atoms with E-state index in [2.05, 4.69) is 36.5 Å². The maximum atomic E-state index is 12.1. The van der Waals surface area contributed by atoms with Gasteiger partial charge in [0.15, 0.2) is 0 Å². The van der Waals surface area contributed by atoms with Gasteiger partial charge in [0, 0.05) is 16.2 Å². The number of amides is 1. The van der Waals surface area contributed by atoms with E-state index in [1.54, 1.807) is 6.20 Å². The molecular formula is C15H17BrN4O. The molecule has 1 aromatic carbocycles. The molecule has 1 heterocycles. The van der Waals surface area contributed by atoms with Crippen molar-refractivity contribution >= 4 is 33.3 Å². The SMILES string of the molecule is Cc1ccc(NC(=O)c2cnc(NC(C)C)cn2)cc1Br. The Morgan fingerprint density at radius 3 is 2.57 bits per heavy atom. The number of nitrogens with one attached hydrogen (secondary N) is 2. The molecule has 2 aromatic rings. The quantitative estimate of drug-likeness (QED) is 0.885. The molecule has 5 nitrogen and oxygen atoms in total. The third kappa shape index (κ3) is 4.26. The number of rotatable bonds is 4. The highest BCUT2D eigenvalue weighted by Gasteiger charge is 2.09. The van der Waals surface area contributed by atoms with Gasteiger partial charge in [0.05, 0.1) is 12.4 Å². The normalized spacial score (nSPS) is 10.5. The molecule has 21 heavy (non-hydrogen) atoms. The molecule has 0 radical (unpaired) electrons. The Labute approximate surface area is 132 Å². The van der Waals surface area contributed by atoms with Crippen LogP contribution in [-0.2, 0) is 0 Å². The van der Waals surface area contributed by atoms with Crippen LogP contribution >= 0.6 is 15.9 Å². The van der Waals surface area contributed by atoms with Crippen LogP contribution in [0, 0.1) is 6.92 Å². The Kier molecular flexibility index (Phi) is 4.90. The molecule has 0 saturated heterocycles. The first kappa shape index (κ1) is 15.4. The van der Waals surface area contributed by atoms with Gasteiger partial charge in [0.1, 0.15) is 11.5 Å². The molecule has 6 heteroatoms. The molecule has 0 atom stereocenters. The Morgan fingerprint density at radius 2 is 2.00 bits per heavy atom. The first-order valence-corrected chi connectivity index (χ1v) is 7.41. The molecule has 2 rings (SSSR count). The highest BCUT2D eigenvalue weighted by atomic mass is 79.9. The first-order valence-electron chi connectivity index (χ1n) is 6.62. The van der Waals surface area contributed by atoms with Crippen molar-refractivity contribution in [2.75, 3.05) is 10.6 Å². The molecule has 1 aromatic heterocycles. The van der Waals surface area contributed by atoms with Gasteiger partial charge in [0.2, 0.25) is 0 Å². The number of anilines is 2. The number of carbonyl (C=O) groups excluding carboxylic acids is 1. The number of benzene rings is 1. The number of halogens is 1. The summed E-state index contributed by atoms with van der Waals surface area (Å²) in [6, 6.07) is 5.90. The van der Waals surface area contributed by atoms with Gasteiger partial charge >= 0.3 is 0 Å². The van der Waals surface area contributed by atoms with Crippen molar-refractivity contribution in [2.45, 2.75) is 26.8 Å². The number of aryl methyl sites for hydroxylation is 1. The van der Waals surface area contributed by atoms with Crippen LogP contribution in [0.1, 0.15) is 29.9 Å². The van der Waals surface area contributed by atoms with E-state index in [-0.39, 0.29) is 17.6 Å². The standard InChI is InChI=1S/C15H17BrN4O/c1-9(2)19-14-8-17-13(7-18-14)15(21)20-11-5-4-10(3)12(16)6-11/h4-9H,1-3H3,(H,18,19)(H,20,21). The van der Waals surface area contributed by atoms with Gasteiger partial charge in [-0.15, -0.1) is 0 Å². The van der Waals surface area contributed by atoms with E-state index in [0.717, 1.165) is 10.0 Å². The monoisotopic (exact) mass is 348 g/mol. The van der Waals surface area contributed by atoms with Crippen LogP contribution in [0.15, 0.2) is 35.1 Å². The largest absolute Gasteiger partial charge is 0.367 e. The summed E-state index contributed by atoms with van der Waals surface area (Å²) in [5.74, 6) is 0.369. The third-order valence-electron chi connectivity index (χ3n) is 2.75. The molecule has 0 unspecified atom stereocenters. The van der Waals surface area contributed by atoms with Gasteiger partial charge in [-0.3, -0.25) is 4.79 Å². The number of hydrogen-bond donors (Lipinski definition) is 2. The van der Waals surface area contributed by atoms with Crippen LogP contribution in [0.25, 0.3) is 0 Å². The topological polar surface area (TPSA) is 66.9 Å². The molecule has 0 bridgehead atoms. The summed E-state index contributed by atoms with van der Waals surface area (Å²) in [7, 11) is 0. The van der Waals surface area contributed by atoms with Crippen molar-refractivity contribution in [3.8, 4) is 0 Å². The Bertz CT molecular complexity index is 641. The summed E-state index contributed by atoms with van der Waals surface area (Å²) in [5, 5.41) is 5.92. The zero-order valence-electron chi connectivity index (χ0n) is 12.1. The van der Waals surface area contributed by atoms with E-state index in [4.69, 9.17) is 0 Å². The average Bonchev–Trinajstić information content (AvgIpc) is 2.43. The van der Waals surface area contributed by atoms with Crippen LogP contribution in [0.5, 0.6) is 0 Å². The number of hydrogen-bond acceptors (Lipinski definition) is 4. The fourth-order valence-corrected chi connectivity index (χ4v) is 2.06. The molecular weight excluding hydrogens is 332 g/mol. The Morgan fingerprint density at radius 1 is 1.24 bits per heavy atom. The van der Waals surface area contributed by atoms with Crippen molar-refractivity contribution in [1.82, 2.24) is 9.97 Å². The van der Waals surface area contributed by atoms with E-state index in [1.807, 2.05) is 39.0 Å². The van der Waals surface area contributed by atoms with E-state index in [9.17, 15) is 4.79 Å². The number of aromatic nitrogens is 2. The molecule has 110 valence electrons. The summed E-state index contributed by atoms with van der Waals surface area (Å²) in [6.07, 6.45) is 3.02. The zero-order valence-corrected chi connectivity index (χ0v) is 13.7. The Balaban J connectivity index is 2.07. The van der Waals surface area contributed by atoms with Gasteiger partial charge < -0.3 is 10.6 Å². The summed E-state index contributed by atoms with van der Waals surface area (Å²) in [4.78, 5) is 20.4. The van der Waals surface area contributed by atoms with Crippen LogP contribution in [-0.4, -0.2) is 21.9 Å². The fraction of sp³-hybridized carbons (Fsp3) is 0.267. The van der Waals surface area contributed by atoms with Gasteiger partial charge in [-0.2, -0.15) is 0 Å². The van der Waals surface area contributed by atoms with Crippen LogP contribution in [0.3, 0.4) is 0 Å². The summed E-state index contributed by atoms with van der Waals surface area (Å²) in [6.45, 7) is 6.01. The average molecular weight is 349 g/mol. The predicted octanol–water partition coefficient (Wildman–Crippen LogP) is 3.62. The van der Waals surface area contributed by atoms with Crippen molar-refractivity contribution in [2.24, 2.45) is 0 Å².